The average Bonchev–Trinajstić information content (AvgIpc) is 2.47. The first-order chi connectivity index (χ1) is 10.9. The van der Waals surface area contributed by atoms with Crippen molar-refractivity contribution in [1.82, 2.24) is 9.55 Å². The lowest BCUT2D eigenvalue weighted by Crippen LogP contribution is -2.24. The van der Waals surface area contributed by atoms with Gasteiger partial charge in [0.1, 0.15) is 11.6 Å². The Bertz CT molecular complexity index is 795. The zero-order valence-corrected chi connectivity index (χ0v) is 13.0. The van der Waals surface area contributed by atoms with Crippen LogP contribution in [0, 0.1) is 17.0 Å². The predicted octanol–water partition coefficient (Wildman–Crippen LogP) is 1.97. The summed E-state index contributed by atoms with van der Waals surface area (Å²) in [7, 11) is 1.43. The van der Waals surface area contributed by atoms with Crippen LogP contribution in [-0.4, -0.2) is 21.8 Å². The molecule has 0 aliphatic heterocycles. The van der Waals surface area contributed by atoms with E-state index in [4.69, 9.17) is 15.9 Å². The van der Waals surface area contributed by atoms with Crippen LogP contribution in [0.1, 0.15) is 11.3 Å². The van der Waals surface area contributed by atoms with Crippen LogP contribution in [0.3, 0.4) is 0 Å². The summed E-state index contributed by atoms with van der Waals surface area (Å²) in [6, 6.07) is 4.33. The molecule has 6 nitrogen and oxygen atoms in total. The minimum atomic E-state index is -0.560. The topological polar surface area (TPSA) is 94.0 Å². The number of aromatic nitrogens is 2. The highest BCUT2D eigenvalue weighted by Crippen LogP contribution is 2.20. The molecule has 1 heterocycles. The third-order valence-electron chi connectivity index (χ3n) is 2.90. The maximum Gasteiger partial charge on any atom is 0.274 e. The van der Waals surface area contributed by atoms with E-state index in [1.807, 2.05) is 0 Å². The van der Waals surface area contributed by atoms with E-state index in [0.717, 1.165) is 30.0 Å². The largest absolute Gasteiger partial charge is 0.378 e. The first-order valence-corrected chi connectivity index (χ1v) is 7.44. The molecule has 0 aliphatic carbocycles. The molecule has 0 saturated heterocycles. The van der Waals surface area contributed by atoms with Crippen molar-refractivity contribution < 1.29 is 13.5 Å². The number of halogens is 2. The molecule has 0 fully saturated rings. The number of rotatable bonds is 4. The molecule has 1 aromatic carbocycles. The van der Waals surface area contributed by atoms with Gasteiger partial charge in [0.05, 0.1) is 12.3 Å². The molecule has 0 unspecified atom stereocenters. The fraction of sp³-hybridized carbons (Fsp3) is 0.214. The SMILES string of the molecule is COCc1cc(=O)nc(N)n1C(=N)SCc1cc(F)ccc1F. The molecule has 0 radical (unpaired) electrons. The Labute approximate surface area is 134 Å². The number of anilines is 1. The summed E-state index contributed by atoms with van der Waals surface area (Å²) < 4.78 is 32.9. The van der Waals surface area contributed by atoms with Crippen LogP contribution < -0.4 is 11.3 Å². The molecule has 9 heteroatoms. The summed E-state index contributed by atoms with van der Waals surface area (Å²) in [6.07, 6.45) is 0. The molecule has 23 heavy (non-hydrogen) atoms. The van der Waals surface area contributed by atoms with E-state index >= 15 is 0 Å². The summed E-state index contributed by atoms with van der Waals surface area (Å²) >= 11 is 0.928. The van der Waals surface area contributed by atoms with Crippen molar-refractivity contribution in [3.63, 3.8) is 0 Å². The van der Waals surface area contributed by atoms with Gasteiger partial charge < -0.3 is 10.5 Å². The van der Waals surface area contributed by atoms with Crippen molar-refractivity contribution in [2.75, 3.05) is 12.8 Å². The van der Waals surface area contributed by atoms with Gasteiger partial charge in [0.25, 0.3) is 5.56 Å². The second-order valence-corrected chi connectivity index (χ2v) is 5.51. The van der Waals surface area contributed by atoms with E-state index in [9.17, 15) is 13.6 Å². The minimum absolute atomic E-state index is 0.0282. The molecular formula is C14H14F2N4O2S. The van der Waals surface area contributed by atoms with Gasteiger partial charge >= 0.3 is 0 Å². The van der Waals surface area contributed by atoms with E-state index in [-0.39, 0.29) is 29.0 Å². The smallest absolute Gasteiger partial charge is 0.274 e. The summed E-state index contributed by atoms with van der Waals surface area (Å²) in [6.45, 7) is 0.0548. The number of benzene rings is 1. The minimum Gasteiger partial charge on any atom is -0.378 e. The van der Waals surface area contributed by atoms with Crippen molar-refractivity contribution in [2.45, 2.75) is 12.4 Å². The maximum atomic E-state index is 13.6. The predicted molar refractivity (Wildman–Crippen MR) is 84.4 cm³/mol. The summed E-state index contributed by atoms with van der Waals surface area (Å²) in [5.41, 5.74) is 5.62. The molecule has 0 atom stereocenters. The number of nitrogens with one attached hydrogen (secondary N) is 1. The van der Waals surface area contributed by atoms with Gasteiger partial charge in [0.2, 0.25) is 5.95 Å². The van der Waals surface area contributed by atoms with E-state index < -0.39 is 17.2 Å². The molecule has 0 amide bonds. The molecule has 0 saturated carbocycles. The molecule has 122 valence electrons. The van der Waals surface area contributed by atoms with Gasteiger partial charge in [0, 0.05) is 24.5 Å². The Balaban J connectivity index is 2.24. The monoisotopic (exact) mass is 340 g/mol. The Kier molecular flexibility index (Phi) is 5.45. The van der Waals surface area contributed by atoms with Gasteiger partial charge in [-0.3, -0.25) is 14.8 Å². The number of hydrogen-bond donors (Lipinski definition) is 2. The van der Waals surface area contributed by atoms with E-state index in [0.29, 0.717) is 5.69 Å². The lowest BCUT2D eigenvalue weighted by Gasteiger charge is -2.15. The van der Waals surface area contributed by atoms with Crippen molar-refractivity contribution >= 4 is 22.9 Å². The van der Waals surface area contributed by atoms with Crippen LogP contribution in [0.4, 0.5) is 14.7 Å². The molecular weight excluding hydrogens is 326 g/mol. The molecule has 0 aliphatic rings. The lowest BCUT2D eigenvalue weighted by molar-refractivity contribution is 0.180. The summed E-state index contributed by atoms with van der Waals surface area (Å²) in [5, 5.41) is 7.99. The highest BCUT2D eigenvalue weighted by atomic mass is 32.2. The average molecular weight is 340 g/mol. The zero-order valence-electron chi connectivity index (χ0n) is 12.2. The van der Waals surface area contributed by atoms with Crippen LogP contribution in [0.25, 0.3) is 0 Å². The second-order valence-electron chi connectivity index (χ2n) is 4.54. The molecule has 1 aromatic heterocycles. The number of nitrogen functional groups attached to an aromatic ring is 1. The molecule has 3 N–H and O–H groups in total. The summed E-state index contributed by atoms with van der Waals surface area (Å²) in [5.74, 6) is -1.25. The van der Waals surface area contributed by atoms with Gasteiger partial charge in [-0.1, -0.05) is 11.8 Å². The maximum absolute atomic E-state index is 13.6. The van der Waals surface area contributed by atoms with Crippen LogP contribution in [0.15, 0.2) is 29.1 Å². The Hall–Kier alpha value is -2.26. The third-order valence-corrected chi connectivity index (χ3v) is 3.81. The first-order valence-electron chi connectivity index (χ1n) is 6.45. The Morgan fingerprint density at radius 3 is 2.87 bits per heavy atom. The third kappa shape index (κ3) is 4.14. The normalized spacial score (nSPS) is 10.7. The fourth-order valence-electron chi connectivity index (χ4n) is 1.90. The van der Waals surface area contributed by atoms with E-state index in [1.54, 1.807) is 0 Å². The number of ether oxygens (including phenoxy) is 1. The van der Waals surface area contributed by atoms with Crippen molar-refractivity contribution in [1.29, 1.82) is 5.41 Å². The number of hydrogen-bond acceptors (Lipinski definition) is 6. The first kappa shape index (κ1) is 17.1. The Morgan fingerprint density at radius 1 is 1.43 bits per heavy atom. The van der Waals surface area contributed by atoms with E-state index in [2.05, 4.69) is 4.98 Å². The second kappa shape index (κ2) is 7.34. The van der Waals surface area contributed by atoms with Gasteiger partial charge in [0.15, 0.2) is 5.17 Å². The highest BCUT2D eigenvalue weighted by molar-refractivity contribution is 8.13. The van der Waals surface area contributed by atoms with Crippen LogP contribution in [0.2, 0.25) is 0 Å². The van der Waals surface area contributed by atoms with Crippen molar-refractivity contribution in [3.05, 3.63) is 57.5 Å². The van der Waals surface area contributed by atoms with Crippen LogP contribution >= 0.6 is 11.8 Å². The standard InChI is InChI=1S/C14H14F2N4O2S/c1-22-6-10-5-12(21)19-13(17)20(10)14(18)23-7-8-4-9(15)2-3-11(8)16/h2-5,18H,6-7H2,1H3,(H2,17,19,21). The van der Waals surface area contributed by atoms with Crippen molar-refractivity contribution in [3.8, 4) is 0 Å². The van der Waals surface area contributed by atoms with E-state index in [1.165, 1.54) is 17.7 Å². The number of nitrogens with two attached hydrogens (primary N) is 1. The van der Waals surface area contributed by atoms with Crippen LogP contribution in [0.5, 0.6) is 0 Å². The highest BCUT2D eigenvalue weighted by Gasteiger charge is 2.13. The molecule has 0 spiro atoms. The molecule has 2 rings (SSSR count). The Morgan fingerprint density at radius 2 is 2.17 bits per heavy atom. The molecule has 0 bridgehead atoms. The summed E-state index contributed by atoms with van der Waals surface area (Å²) in [4.78, 5) is 15.0. The number of nitrogens with zero attached hydrogens (tertiary/aromatic N) is 2. The fourth-order valence-corrected chi connectivity index (χ4v) is 2.76. The molecule has 2 aromatic rings. The quantitative estimate of drug-likeness (QED) is 0.655. The van der Waals surface area contributed by atoms with Gasteiger partial charge in [-0.05, 0) is 18.2 Å². The van der Waals surface area contributed by atoms with Gasteiger partial charge in [-0.25, -0.2) is 8.78 Å². The zero-order chi connectivity index (χ0) is 17.0. The van der Waals surface area contributed by atoms with Crippen molar-refractivity contribution in [2.24, 2.45) is 0 Å². The number of methoxy groups -OCH3 is 1. The lowest BCUT2D eigenvalue weighted by atomic mass is 10.2. The van der Waals surface area contributed by atoms with Gasteiger partial charge in [-0.15, -0.1) is 0 Å². The number of thioether (sulfide) groups is 1. The van der Waals surface area contributed by atoms with Gasteiger partial charge in [-0.2, -0.15) is 4.98 Å². The van der Waals surface area contributed by atoms with Crippen LogP contribution in [-0.2, 0) is 17.1 Å².